The Bertz CT molecular complexity index is 845. The van der Waals surface area contributed by atoms with Gasteiger partial charge in [-0.05, 0) is 30.2 Å². The summed E-state index contributed by atoms with van der Waals surface area (Å²) in [4.78, 5) is 29.3. The van der Waals surface area contributed by atoms with Crippen LogP contribution in [0.1, 0.15) is 12.0 Å². The largest absolute Gasteiger partial charge is 0.356 e. The van der Waals surface area contributed by atoms with Crippen LogP contribution in [0.4, 0.5) is 5.95 Å². The van der Waals surface area contributed by atoms with Crippen LogP contribution in [0.15, 0.2) is 47.7 Å². The fourth-order valence-electron chi connectivity index (χ4n) is 3.29. The number of piperazine rings is 1. The highest BCUT2D eigenvalue weighted by atomic mass is 127. The molecule has 0 saturated carbocycles. The highest BCUT2D eigenvalue weighted by Gasteiger charge is 2.22. The van der Waals surface area contributed by atoms with Crippen molar-refractivity contribution in [3.05, 3.63) is 53.3 Å². The molecule has 1 saturated heterocycles. The Hall–Kier alpha value is -2.14. The van der Waals surface area contributed by atoms with Crippen LogP contribution >= 0.6 is 35.6 Å². The third-order valence-electron chi connectivity index (χ3n) is 4.92. The third kappa shape index (κ3) is 8.13. The van der Waals surface area contributed by atoms with Gasteiger partial charge in [0.05, 0.1) is 0 Å². The molecule has 1 amide bonds. The van der Waals surface area contributed by atoms with Crippen molar-refractivity contribution >= 4 is 53.4 Å². The summed E-state index contributed by atoms with van der Waals surface area (Å²) in [5, 5.41) is 7.21. The summed E-state index contributed by atoms with van der Waals surface area (Å²) in [5.41, 5.74) is 1.17. The van der Waals surface area contributed by atoms with E-state index in [2.05, 4.69) is 30.5 Å². The number of hydrogen-bond acceptors (Lipinski definition) is 5. The van der Waals surface area contributed by atoms with Crippen molar-refractivity contribution in [1.29, 1.82) is 0 Å². The lowest BCUT2D eigenvalue weighted by Crippen LogP contribution is -2.50. The minimum Gasteiger partial charge on any atom is -0.356 e. The molecule has 1 aliphatic rings. The second kappa shape index (κ2) is 13.3. The van der Waals surface area contributed by atoms with Gasteiger partial charge in [0.2, 0.25) is 11.9 Å². The van der Waals surface area contributed by atoms with E-state index in [1.54, 1.807) is 25.5 Å². The lowest BCUT2D eigenvalue weighted by molar-refractivity contribution is -0.131. The predicted molar refractivity (Wildman–Crippen MR) is 135 cm³/mol. The zero-order chi connectivity index (χ0) is 21.2. The summed E-state index contributed by atoms with van der Waals surface area (Å²) < 4.78 is 0. The van der Waals surface area contributed by atoms with Crippen molar-refractivity contribution in [2.45, 2.75) is 12.8 Å². The molecule has 0 bridgehead atoms. The molecular formula is C21H29ClIN7O. The van der Waals surface area contributed by atoms with E-state index in [-0.39, 0.29) is 29.9 Å². The molecule has 10 heteroatoms. The standard InChI is InChI=1S/C21H28ClN7O.HI/c1-23-20(24-10-6-17-4-2-5-18(22)16-17)25-11-7-19(30)28-12-14-29(15-13-28)21-26-8-3-9-27-21;/h2-5,8-9,16H,6-7,10-15H2,1H3,(H2,23,24,25);1H. The maximum Gasteiger partial charge on any atom is 0.225 e. The summed E-state index contributed by atoms with van der Waals surface area (Å²) in [6, 6.07) is 9.62. The minimum atomic E-state index is 0. The van der Waals surface area contributed by atoms with Gasteiger partial charge in [-0.15, -0.1) is 24.0 Å². The second-order valence-electron chi connectivity index (χ2n) is 6.97. The molecule has 0 aliphatic carbocycles. The maximum atomic E-state index is 12.5. The van der Waals surface area contributed by atoms with Gasteiger partial charge in [-0.25, -0.2) is 9.97 Å². The second-order valence-corrected chi connectivity index (χ2v) is 7.41. The number of hydrogen-bond donors (Lipinski definition) is 2. The number of nitrogens with one attached hydrogen (secondary N) is 2. The van der Waals surface area contributed by atoms with E-state index in [1.165, 1.54) is 5.56 Å². The van der Waals surface area contributed by atoms with Crippen LogP contribution in [0.3, 0.4) is 0 Å². The Kier molecular flexibility index (Phi) is 10.8. The Morgan fingerprint density at radius 1 is 1.10 bits per heavy atom. The topological polar surface area (TPSA) is 85.8 Å². The summed E-state index contributed by atoms with van der Waals surface area (Å²) in [7, 11) is 1.72. The van der Waals surface area contributed by atoms with Crippen molar-refractivity contribution in [2.24, 2.45) is 4.99 Å². The van der Waals surface area contributed by atoms with Gasteiger partial charge in [-0.2, -0.15) is 0 Å². The number of halogens is 2. The van der Waals surface area contributed by atoms with Crippen LogP contribution in [0.2, 0.25) is 5.02 Å². The molecule has 2 aromatic rings. The monoisotopic (exact) mass is 557 g/mol. The highest BCUT2D eigenvalue weighted by molar-refractivity contribution is 14.0. The maximum absolute atomic E-state index is 12.5. The summed E-state index contributed by atoms with van der Waals surface area (Å²) in [6.45, 7) is 4.13. The average molecular weight is 558 g/mol. The zero-order valence-electron chi connectivity index (χ0n) is 17.6. The van der Waals surface area contributed by atoms with Crippen LogP contribution in [0, 0.1) is 0 Å². The van der Waals surface area contributed by atoms with Gasteiger partial charge in [-0.1, -0.05) is 23.7 Å². The fourth-order valence-corrected chi connectivity index (χ4v) is 3.51. The van der Waals surface area contributed by atoms with E-state index in [0.29, 0.717) is 32.0 Å². The van der Waals surface area contributed by atoms with Gasteiger partial charge in [0.25, 0.3) is 0 Å². The van der Waals surface area contributed by atoms with Crippen LogP contribution in [0.25, 0.3) is 0 Å². The number of aromatic nitrogens is 2. The summed E-state index contributed by atoms with van der Waals surface area (Å²) in [5.74, 6) is 1.56. The van der Waals surface area contributed by atoms with E-state index in [1.807, 2.05) is 29.2 Å². The molecule has 31 heavy (non-hydrogen) atoms. The number of rotatable bonds is 7. The van der Waals surface area contributed by atoms with Crippen molar-refractivity contribution in [1.82, 2.24) is 25.5 Å². The molecule has 1 aromatic heterocycles. The van der Waals surface area contributed by atoms with E-state index in [0.717, 1.165) is 37.0 Å². The van der Waals surface area contributed by atoms with Crippen LogP contribution in [-0.2, 0) is 11.2 Å². The number of carbonyl (C=O) groups excluding carboxylic acids is 1. The average Bonchev–Trinajstić information content (AvgIpc) is 2.78. The van der Waals surface area contributed by atoms with E-state index in [9.17, 15) is 4.79 Å². The molecule has 0 unspecified atom stereocenters. The predicted octanol–water partition coefficient (Wildman–Crippen LogP) is 2.19. The molecule has 0 atom stereocenters. The van der Waals surface area contributed by atoms with Gasteiger partial charge in [0, 0.05) is 70.2 Å². The Balaban J connectivity index is 0.00000341. The zero-order valence-corrected chi connectivity index (χ0v) is 20.7. The normalized spacial score (nSPS) is 14.1. The van der Waals surface area contributed by atoms with Crippen molar-refractivity contribution in [3.8, 4) is 0 Å². The number of nitrogens with zero attached hydrogens (tertiary/aromatic N) is 5. The summed E-state index contributed by atoms with van der Waals surface area (Å²) in [6.07, 6.45) is 4.75. The van der Waals surface area contributed by atoms with E-state index in [4.69, 9.17) is 11.6 Å². The lowest BCUT2D eigenvalue weighted by atomic mass is 10.1. The fraction of sp³-hybridized carbons (Fsp3) is 0.429. The molecule has 1 aromatic carbocycles. The smallest absolute Gasteiger partial charge is 0.225 e. The third-order valence-corrected chi connectivity index (χ3v) is 5.15. The Morgan fingerprint density at radius 2 is 1.81 bits per heavy atom. The van der Waals surface area contributed by atoms with Gasteiger partial charge in [0.15, 0.2) is 5.96 Å². The number of anilines is 1. The van der Waals surface area contributed by atoms with Gasteiger partial charge in [0.1, 0.15) is 0 Å². The number of guanidine groups is 1. The quantitative estimate of drug-likeness (QED) is 0.309. The molecule has 3 rings (SSSR count). The van der Waals surface area contributed by atoms with Crippen molar-refractivity contribution < 1.29 is 4.79 Å². The first-order valence-corrected chi connectivity index (χ1v) is 10.5. The Morgan fingerprint density at radius 3 is 2.48 bits per heavy atom. The van der Waals surface area contributed by atoms with Crippen LogP contribution in [-0.4, -0.2) is 73.1 Å². The molecule has 2 heterocycles. The van der Waals surface area contributed by atoms with Crippen LogP contribution < -0.4 is 15.5 Å². The molecule has 2 N–H and O–H groups in total. The van der Waals surface area contributed by atoms with Crippen molar-refractivity contribution in [2.75, 3.05) is 51.2 Å². The number of amides is 1. The van der Waals surface area contributed by atoms with Crippen molar-refractivity contribution in [3.63, 3.8) is 0 Å². The van der Waals surface area contributed by atoms with Gasteiger partial charge in [-0.3, -0.25) is 9.79 Å². The van der Waals surface area contributed by atoms with Gasteiger partial charge < -0.3 is 20.4 Å². The summed E-state index contributed by atoms with van der Waals surface area (Å²) >= 11 is 6.01. The first kappa shape index (κ1) is 25.1. The lowest BCUT2D eigenvalue weighted by Gasteiger charge is -2.34. The number of benzene rings is 1. The SMILES string of the molecule is CN=C(NCCC(=O)N1CCN(c2ncccn2)CC1)NCCc1cccc(Cl)c1.I. The molecular weight excluding hydrogens is 529 g/mol. The molecule has 1 aliphatic heterocycles. The van der Waals surface area contributed by atoms with Crippen LogP contribution in [0.5, 0.6) is 0 Å². The molecule has 0 radical (unpaired) electrons. The Labute approximate surface area is 205 Å². The first-order valence-electron chi connectivity index (χ1n) is 10.1. The molecule has 168 valence electrons. The highest BCUT2D eigenvalue weighted by Crippen LogP contribution is 2.11. The minimum absolute atomic E-state index is 0. The first-order chi connectivity index (χ1) is 14.7. The number of aliphatic imine (C=N–C) groups is 1. The van der Waals surface area contributed by atoms with E-state index >= 15 is 0 Å². The molecule has 0 spiro atoms. The van der Waals surface area contributed by atoms with Gasteiger partial charge >= 0.3 is 0 Å². The van der Waals surface area contributed by atoms with E-state index < -0.39 is 0 Å². The number of carbonyl (C=O) groups is 1. The molecule has 1 fully saturated rings. The molecule has 8 nitrogen and oxygen atoms in total.